The molecule has 0 unspecified atom stereocenters. The molecule has 0 spiro atoms. The molecule has 1 aromatic heterocycles. The number of alkyl halides is 3. The van der Waals surface area contributed by atoms with Crippen LogP contribution < -0.4 is 11.1 Å². The Bertz CT molecular complexity index is 646. The van der Waals surface area contributed by atoms with Crippen molar-refractivity contribution in [3.8, 4) is 0 Å². The number of nitrogens with two attached hydrogens (primary N) is 1. The lowest BCUT2D eigenvalue weighted by Gasteiger charge is -2.14. The maximum absolute atomic E-state index is 12.6. The largest absolute Gasteiger partial charge is 0.455 e. The minimum atomic E-state index is -4.94. The fraction of sp³-hybridized carbons (Fsp3) is 0.231. The number of hydrogen-bond acceptors (Lipinski definition) is 4. The number of anilines is 1. The SMILES string of the molecule is Cl.NCCNc1c(C(=O)C(F)(F)F)cnc2ccccc12. The van der Waals surface area contributed by atoms with Crippen LogP contribution in [0.2, 0.25) is 0 Å². The van der Waals surface area contributed by atoms with Crippen LogP contribution in [0.4, 0.5) is 18.9 Å². The second-order valence-electron chi connectivity index (χ2n) is 4.11. The predicted octanol–water partition coefficient (Wildman–Crippen LogP) is 2.77. The van der Waals surface area contributed by atoms with E-state index in [0.717, 1.165) is 6.20 Å². The normalized spacial score (nSPS) is 11.0. The Morgan fingerprint density at radius 3 is 2.57 bits per heavy atom. The molecule has 0 amide bonds. The molecule has 3 N–H and O–H groups in total. The Morgan fingerprint density at radius 2 is 1.95 bits per heavy atom. The monoisotopic (exact) mass is 319 g/mol. The van der Waals surface area contributed by atoms with Crippen molar-refractivity contribution in [3.63, 3.8) is 0 Å². The highest BCUT2D eigenvalue weighted by Crippen LogP contribution is 2.30. The average Bonchev–Trinajstić information content (AvgIpc) is 2.42. The molecule has 0 bridgehead atoms. The first-order valence-corrected chi connectivity index (χ1v) is 5.88. The summed E-state index contributed by atoms with van der Waals surface area (Å²) in [5.74, 6) is -1.92. The first-order valence-electron chi connectivity index (χ1n) is 5.88. The number of carbonyl (C=O) groups is 1. The van der Waals surface area contributed by atoms with E-state index in [1.165, 1.54) is 0 Å². The van der Waals surface area contributed by atoms with Crippen LogP contribution in [0, 0.1) is 0 Å². The summed E-state index contributed by atoms with van der Waals surface area (Å²) in [5.41, 5.74) is 5.47. The third-order valence-electron chi connectivity index (χ3n) is 2.72. The Hall–Kier alpha value is -1.86. The second kappa shape index (κ2) is 6.73. The van der Waals surface area contributed by atoms with Crippen molar-refractivity contribution in [2.45, 2.75) is 6.18 Å². The van der Waals surface area contributed by atoms with Crippen molar-refractivity contribution in [2.24, 2.45) is 5.73 Å². The van der Waals surface area contributed by atoms with Gasteiger partial charge in [-0.1, -0.05) is 18.2 Å². The molecule has 0 saturated heterocycles. The summed E-state index contributed by atoms with van der Waals surface area (Å²) in [7, 11) is 0. The molecule has 0 atom stereocenters. The number of rotatable bonds is 4. The molecule has 114 valence electrons. The number of nitrogens with zero attached hydrogens (tertiary/aromatic N) is 1. The molecule has 21 heavy (non-hydrogen) atoms. The van der Waals surface area contributed by atoms with Gasteiger partial charge in [-0.05, 0) is 6.07 Å². The minimum Gasteiger partial charge on any atom is -0.383 e. The summed E-state index contributed by atoms with van der Waals surface area (Å²) >= 11 is 0. The molecule has 0 aliphatic carbocycles. The number of pyridine rings is 1. The van der Waals surface area contributed by atoms with Crippen LogP contribution in [0.25, 0.3) is 10.9 Å². The number of Topliss-reactive ketones (excluding diaryl/α,β-unsaturated/α-hetero) is 1. The van der Waals surface area contributed by atoms with Crippen LogP contribution in [0.15, 0.2) is 30.5 Å². The fourth-order valence-corrected chi connectivity index (χ4v) is 1.85. The highest BCUT2D eigenvalue weighted by molar-refractivity contribution is 6.10. The van der Waals surface area contributed by atoms with Gasteiger partial charge in [0, 0.05) is 24.7 Å². The van der Waals surface area contributed by atoms with Gasteiger partial charge in [-0.2, -0.15) is 13.2 Å². The number of benzene rings is 1. The van der Waals surface area contributed by atoms with Gasteiger partial charge in [0.2, 0.25) is 0 Å². The standard InChI is InChI=1S/C13H12F3N3O.ClH/c14-13(15,16)12(20)9-7-19-10-4-2-1-3-8(10)11(9)18-6-5-17;/h1-4,7H,5-6,17H2,(H,18,19);1H. The number of aromatic nitrogens is 1. The summed E-state index contributed by atoms with van der Waals surface area (Å²) in [6.07, 6.45) is -4.00. The van der Waals surface area contributed by atoms with E-state index in [1.54, 1.807) is 24.3 Å². The summed E-state index contributed by atoms with van der Waals surface area (Å²) in [6, 6.07) is 6.64. The van der Waals surface area contributed by atoms with E-state index in [2.05, 4.69) is 10.3 Å². The lowest BCUT2D eigenvalue weighted by atomic mass is 10.1. The quantitative estimate of drug-likeness (QED) is 0.850. The predicted molar refractivity (Wildman–Crippen MR) is 76.9 cm³/mol. The lowest BCUT2D eigenvalue weighted by molar-refractivity contribution is -0.0884. The third-order valence-corrected chi connectivity index (χ3v) is 2.72. The third kappa shape index (κ3) is 3.62. The molecule has 4 nitrogen and oxygen atoms in total. The van der Waals surface area contributed by atoms with Crippen LogP contribution in [0.1, 0.15) is 10.4 Å². The van der Waals surface area contributed by atoms with E-state index in [0.29, 0.717) is 10.9 Å². The highest BCUT2D eigenvalue weighted by atomic mass is 35.5. The Balaban J connectivity index is 0.00000220. The number of hydrogen-bond donors (Lipinski definition) is 2. The van der Waals surface area contributed by atoms with Crippen LogP contribution in [0.3, 0.4) is 0 Å². The Kier molecular flexibility index (Phi) is 5.51. The van der Waals surface area contributed by atoms with Gasteiger partial charge >= 0.3 is 6.18 Å². The van der Waals surface area contributed by atoms with Gasteiger partial charge in [-0.25, -0.2) is 0 Å². The lowest BCUT2D eigenvalue weighted by Crippen LogP contribution is -2.25. The zero-order chi connectivity index (χ0) is 14.8. The number of ketones is 1. The van der Waals surface area contributed by atoms with Crippen LogP contribution in [-0.4, -0.2) is 30.0 Å². The van der Waals surface area contributed by atoms with E-state index in [9.17, 15) is 18.0 Å². The summed E-state index contributed by atoms with van der Waals surface area (Å²) in [5, 5.41) is 3.23. The number of carbonyl (C=O) groups excluding carboxylic acids is 1. The van der Waals surface area contributed by atoms with Crippen molar-refractivity contribution >= 4 is 34.8 Å². The van der Waals surface area contributed by atoms with E-state index in [1.807, 2.05) is 0 Å². The number of nitrogens with one attached hydrogen (secondary N) is 1. The second-order valence-corrected chi connectivity index (χ2v) is 4.11. The number of fused-ring (bicyclic) bond motifs is 1. The van der Waals surface area contributed by atoms with Gasteiger partial charge in [-0.3, -0.25) is 9.78 Å². The molecule has 1 aromatic carbocycles. The maximum Gasteiger partial charge on any atom is 0.455 e. The van der Waals surface area contributed by atoms with Crippen molar-refractivity contribution in [2.75, 3.05) is 18.4 Å². The van der Waals surface area contributed by atoms with Gasteiger partial charge in [0.15, 0.2) is 0 Å². The molecule has 0 radical (unpaired) electrons. The summed E-state index contributed by atoms with van der Waals surface area (Å²) < 4.78 is 37.8. The van der Waals surface area contributed by atoms with Gasteiger partial charge in [-0.15, -0.1) is 12.4 Å². The molecule has 2 aromatic rings. The summed E-state index contributed by atoms with van der Waals surface area (Å²) in [4.78, 5) is 15.4. The molecule has 0 fully saturated rings. The number of para-hydroxylation sites is 1. The smallest absolute Gasteiger partial charge is 0.383 e. The maximum atomic E-state index is 12.6. The van der Waals surface area contributed by atoms with Gasteiger partial charge in [0.1, 0.15) is 0 Å². The van der Waals surface area contributed by atoms with Gasteiger partial charge in [0.25, 0.3) is 5.78 Å². The van der Waals surface area contributed by atoms with Crippen LogP contribution in [0.5, 0.6) is 0 Å². The fourth-order valence-electron chi connectivity index (χ4n) is 1.85. The van der Waals surface area contributed by atoms with Crippen molar-refractivity contribution in [1.82, 2.24) is 4.98 Å². The van der Waals surface area contributed by atoms with E-state index < -0.39 is 17.5 Å². The van der Waals surface area contributed by atoms with Gasteiger partial charge < -0.3 is 11.1 Å². The minimum absolute atomic E-state index is 0. The molecule has 0 aliphatic rings. The van der Waals surface area contributed by atoms with Crippen molar-refractivity contribution in [1.29, 1.82) is 0 Å². The topological polar surface area (TPSA) is 68.0 Å². The molecule has 0 saturated carbocycles. The van der Waals surface area contributed by atoms with Crippen LogP contribution in [-0.2, 0) is 0 Å². The number of halogens is 4. The van der Waals surface area contributed by atoms with Crippen molar-refractivity contribution in [3.05, 3.63) is 36.0 Å². The summed E-state index contributed by atoms with van der Waals surface area (Å²) in [6.45, 7) is 0.489. The molecule has 2 rings (SSSR count). The molecular formula is C13H13ClF3N3O. The molecule has 8 heteroatoms. The molecular weight excluding hydrogens is 307 g/mol. The van der Waals surface area contributed by atoms with Gasteiger partial charge in [0.05, 0.1) is 16.8 Å². The average molecular weight is 320 g/mol. The van der Waals surface area contributed by atoms with E-state index in [-0.39, 0.29) is 31.2 Å². The first kappa shape index (κ1) is 17.2. The highest BCUT2D eigenvalue weighted by Gasteiger charge is 2.41. The Morgan fingerprint density at radius 1 is 1.29 bits per heavy atom. The first-order chi connectivity index (χ1) is 9.45. The van der Waals surface area contributed by atoms with E-state index in [4.69, 9.17) is 5.73 Å². The molecule has 0 aliphatic heterocycles. The molecule has 1 heterocycles. The zero-order valence-electron chi connectivity index (χ0n) is 10.8. The Labute approximate surface area is 124 Å². The van der Waals surface area contributed by atoms with Crippen LogP contribution >= 0.6 is 12.4 Å². The zero-order valence-corrected chi connectivity index (χ0v) is 11.6. The van der Waals surface area contributed by atoms with E-state index >= 15 is 0 Å². The van der Waals surface area contributed by atoms with Crippen molar-refractivity contribution < 1.29 is 18.0 Å².